The SMILES string of the molecule is c1ccc(CSc2ncnc3c2oc2ccccc23)nc1. The second-order valence-electron chi connectivity index (χ2n) is 4.56. The van der Waals surface area contributed by atoms with E-state index >= 15 is 0 Å². The monoisotopic (exact) mass is 293 g/mol. The number of fused-ring (bicyclic) bond motifs is 3. The van der Waals surface area contributed by atoms with Gasteiger partial charge in [0.2, 0.25) is 0 Å². The summed E-state index contributed by atoms with van der Waals surface area (Å²) >= 11 is 1.61. The van der Waals surface area contributed by atoms with Crippen molar-refractivity contribution in [3.8, 4) is 0 Å². The molecule has 3 heterocycles. The summed E-state index contributed by atoms with van der Waals surface area (Å²) in [7, 11) is 0. The smallest absolute Gasteiger partial charge is 0.186 e. The first-order valence-electron chi connectivity index (χ1n) is 6.57. The molecule has 0 atom stereocenters. The van der Waals surface area contributed by atoms with E-state index in [1.54, 1.807) is 24.3 Å². The largest absolute Gasteiger partial charge is 0.451 e. The number of furan rings is 1. The molecule has 1 aromatic carbocycles. The molecule has 102 valence electrons. The van der Waals surface area contributed by atoms with Gasteiger partial charge in [-0.25, -0.2) is 9.97 Å². The van der Waals surface area contributed by atoms with Crippen LogP contribution < -0.4 is 0 Å². The highest BCUT2D eigenvalue weighted by atomic mass is 32.2. The molecule has 4 aromatic rings. The zero-order chi connectivity index (χ0) is 14.1. The van der Waals surface area contributed by atoms with Gasteiger partial charge in [0, 0.05) is 17.3 Å². The molecule has 0 radical (unpaired) electrons. The summed E-state index contributed by atoms with van der Waals surface area (Å²) in [5, 5.41) is 1.87. The highest BCUT2D eigenvalue weighted by Crippen LogP contribution is 2.33. The molecule has 0 saturated carbocycles. The molecule has 0 amide bonds. The van der Waals surface area contributed by atoms with Crippen molar-refractivity contribution in [1.82, 2.24) is 15.0 Å². The fourth-order valence-electron chi connectivity index (χ4n) is 2.23. The van der Waals surface area contributed by atoms with Crippen LogP contribution >= 0.6 is 11.8 Å². The maximum absolute atomic E-state index is 5.91. The van der Waals surface area contributed by atoms with Crippen molar-refractivity contribution < 1.29 is 4.42 Å². The third-order valence-corrected chi connectivity index (χ3v) is 4.21. The molecule has 4 nitrogen and oxygen atoms in total. The standard InChI is InChI=1S/C16H11N3OS/c1-2-7-13-12(6-1)14-15(20-13)16(19-10-18-14)21-9-11-5-3-4-8-17-11/h1-8,10H,9H2. The van der Waals surface area contributed by atoms with Gasteiger partial charge in [-0.05, 0) is 24.3 Å². The third kappa shape index (κ3) is 2.25. The summed E-state index contributed by atoms with van der Waals surface area (Å²) in [5.41, 5.74) is 3.47. The summed E-state index contributed by atoms with van der Waals surface area (Å²) in [6.07, 6.45) is 3.39. The van der Waals surface area contributed by atoms with Crippen molar-refractivity contribution in [2.75, 3.05) is 0 Å². The summed E-state index contributed by atoms with van der Waals surface area (Å²) in [4.78, 5) is 13.0. The van der Waals surface area contributed by atoms with E-state index in [0.29, 0.717) is 0 Å². The maximum Gasteiger partial charge on any atom is 0.186 e. The lowest BCUT2D eigenvalue weighted by molar-refractivity contribution is 0.653. The third-order valence-electron chi connectivity index (χ3n) is 3.21. The Morgan fingerprint density at radius 1 is 0.952 bits per heavy atom. The van der Waals surface area contributed by atoms with Crippen molar-refractivity contribution in [3.05, 3.63) is 60.7 Å². The number of thioether (sulfide) groups is 1. The molecule has 4 rings (SSSR count). The Labute approximate surface area is 125 Å². The summed E-state index contributed by atoms with van der Waals surface area (Å²) in [6, 6.07) is 13.8. The topological polar surface area (TPSA) is 51.8 Å². The Bertz CT molecular complexity index is 905. The van der Waals surface area contributed by atoms with Crippen LogP contribution in [0.5, 0.6) is 0 Å². The molecule has 0 aliphatic rings. The maximum atomic E-state index is 5.91. The molecular weight excluding hydrogens is 282 g/mol. The van der Waals surface area contributed by atoms with Gasteiger partial charge in [-0.2, -0.15) is 0 Å². The summed E-state index contributed by atoms with van der Waals surface area (Å²) in [6.45, 7) is 0. The van der Waals surface area contributed by atoms with Crippen LogP contribution in [0.1, 0.15) is 5.69 Å². The van der Waals surface area contributed by atoms with E-state index in [0.717, 1.165) is 38.5 Å². The number of rotatable bonds is 3. The number of hydrogen-bond donors (Lipinski definition) is 0. The lowest BCUT2D eigenvalue weighted by Gasteiger charge is -2.00. The van der Waals surface area contributed by atoms with Gasteiger partial charge in [0.05, 0.1) is 5.69 Å². The Morgan fingerprint density at radius 3 is 2.76 bits per heavy atom. The van der Waals surface area contributed by atoms with Gasteiger partial charge in [0.1, 0.15) is 22.5 Å². The second kappa shape index (κ2) is 5.18. The van der Waals surface area contributed by atoms with E-state index in [4.69, 9.17) is 4.42 Å². The van der Waals surface area contributed by atoms with E-state index in [2.05, 4.69) is 15.0 Å². The van der Waals surface area contributed by atoms with Gasteiger partial charge >= 0.3 is 0 Å². The van der Waals surface area contributed by atoms with Gasteiger partial charge in [-0.15, -0.1) is 0 Å². The molecular formula is C16H11N3OS. The molecule has 0 N–H and O–H groups in total. The Kier molecular flexibility index (Phi) is 3.05. The van der Waals surface area contributed by atoms with Gasteiger partial charge in [-0.1, -0.05) is 30.0 Å². The van der Waals surface area contributed by atoms with Crippen LogP contribution in [0.4, 0.5) is 0 Å². The van der Waals surface area contributed by atoms with E-state index in [9.17, 15) is 0 Å². The Hall–Kier alpha value is -2.40. The minimum Gasteiger partial charge on any atom is -0.451 e. The molecule has 0 aliphatic heterocycles. The minimum atomic E-state index is 0.750. The highest BCUT2D eigenvalue weighted by molar-refractivity contribution is 7.98. The first-order chi connectivity index (χ1) is 10.4. The number of para-hydroxylation sites is 1. The molecule has 3 aromatic heterocycles. The predicted molar refractivity (Wildman–Crippen MR) is 83.1 cm³/mol. The van der Waals surface area contributed by atoms with Crippen LogP contribution in [-0.4, -0.2) is 15.0 Å². The predicted octanol–water partition coefficient (Wildman–Crippen LogP) is 4.06. The van der Waals surface area contributed by atoms with Crippen molar-refractivity contribution in [3.63, 3.8) is 0 Å². The second-order valence-corrected chi connectivity index (χ2v) is 5.53. The molecule has 0 aliphatic carbocycles. The number of hydrogen-bond acceptors (Lipinski definition) is 5. The van der Waals surface area contributed by atoms with E-state index < -0.39 is 0 Å². The zero-order valence-electron chi connectivity index (χ0n) is 11.1. The van der Waals surface area contributed by atoms with Crippen molar-refractivity contribution in [1.29, 1.82) is 0 Å². The lowest BCUT2D eigenvalue weighted by atomic mass is 10.2. The van der Waals surface area contributed by atoms with Gasteiger partial charge in [-0.3, -0.25) is 4.98 Å². The van der Waals surface area contributed by atoms with Crippen molar-refractivity contribution >= 4 is 33.8 Å². The number of pyridine rings is 1. The van der Waals surface area contributed by atoms with Gasteiger partial charge in [0.25, 0.3) is 0 Å². The molecule has 0 unspecified atom stereocenters. The van der Waals surface area contributed by atoms with Crippen molar-refractivity contribution in [2.24, 2.45) is 0 Å². The normalized spacial score (nSPS) is 11.2. The zero-order valence-corrected chi connectivity index (χ0v) is 11.9. The number of benzene rings is 1. The Morgan fingerprint density at radius 2 is 1.86 bits per heavy atom. The molecule has 5 heteroatoms. The molecule has 0 spiro atoms. The summed E-state index contributed by atoms with van der Waals surface area (Å²) in [5.74, 6) is 0.754. The van der Waals surface area contributed by atoms with Crippen LogP contribution in [-0.2, 0) is 5.75 Å². The average molecular weight is 293 g/mol. The van der Waals surface area contributed by atoms with Crippen molar-refractivity contribution in [2.45, 2.75) is 10.8 Å². The Balaban J connectivity index is 1.75. The molecule has 21 heavy (non-hydrogen) atoms. The highest BCUT2D eigenvalue weighted by Gasteiger charge is 2.13. The van der Waals surface area contributed by atoms with E-state index in [1.807, 2.05) is 42.5 Å². The first kappa shape index (κ1) is 12.3. The van der Waals surface area contributed by atoms with Gasteiger partial charge in [0.15, 0.2) is 5.58 Å². The van der Waals surface area contributed by atoms with Crippen LogP contribution in [0.2, 0.25) is 0 Å². The van der Waals surface area contributed by atoms with Crippen LogP contribution in [0, 0.1) is 0 Å². The van der Waals surface area contributed by atoms with E-state index in [1.165, 1.54) is 0 Å². The molecule has 0 bridgehead atoms. The van der Waals surface area contributed by atoms with Gasteiger partial charge < -0.3 is 4.42 Å². The van der Waals surface area contributed by atoms with Crippen LogP contribution in [0.3, 0.4) is 0 Å². The molecule has 0 fully saturated rings. The van der Waals surface area contributed by atoms with Crippen LogP contribution in [0.15, 0.2) is 64.4 Å². The average Bonchev–Trinajstić information content (AvgIpc) is 2.93. The van der Waals surface area contributed by atoms with Crippen LogP contribution in [0.25, 0.3) is 22.1 Å². The quantitative estimate of drug-likeness (QED) is 0.421. The minimum absolute atomic E-state index is 0.750. The van der Waals surface area contributed by atoms with E-state index in [-0.39, 0.29) is 0 Å². The molecule has 0 saturated heterocycles. The lowest BCUT2D eigenvalue weighted by Crippen LogP contribution is -1.87. The number of aromatic nitrogens is 3. The number of nitrogens with zero attached hydrogens (tertiary/aromatic N) is 3. The summed E-state index contributed by atoms with van der Waals surface area (Å²) < 4.78 is 5.91. The fraction of sp³-hybridized carbons (Fsp3) is 0.0625. The first-order valence-corrected chi connectivity index (χ1v) is 7.55. The fourth-order valence-corrected chi connectivity index (χ4v) is 3.08.